The molecule has 0 spiro atoms. The molecule has 0 saturated carbocycles. The number of benzene rings is 1. The highest BCUT2D eigenvalue weighted by Gasteiger charge is 2.34. The second-order valence-corrected chi connectivity index (χ2v) is 6.85. The first-order valence-electron chi connectivity index (χ1n) is 7.56. The standard InChI is InChI=1S/C15H21NO7S/c1-15(21-10-11-22-24(18,19)20)8-5-9-16(12-15)23-14(17)13-6-3-2-4-7-13/h2-4,6-7H,5,8-12H2,1H3,(H,18,19,20)/t15-/m1/s1. The van der Waals surface area contributed by atoms with Crippen molar-refractivity contribution in [1.29, 1.82) is 0 Å². The second kappa shape index (κ2) is 8.04. The molecule has 1 aliphatic heterocycles. The van der Waals surface area contributed by atoms with E-state index in [-0.39, 0.29) is 13.2 Å². The van der Waals surface area contributed by atoms with Crippen molar-refractivity contribution in [3.63, 3.8) is 0 Å². The lowest BCUT2D eigenvalue weighted by Crippen LogP contribution is -2.48. The normalized spacial score (nSPS) is 22.2. The Kier molecular flexibility index (Phi) is 6.30. The Morgan fingerprint density at radius 3 is 2.67 bits per heavy atom. The number of hydroxylamine groups is 2. The third kappa shape index (κ3) is 6.17. The highest BCUT2D eigenvalue weighted by Crippen LogP contribution is 2.25. The first-order valence-corrected chi connectivity index (χ1v) is 8.92. The predicted octanol–water partition coefficient (Wildman–Crippen LogP) is 1.45. The lowest BCUT2D eigenvalue weighted by molar-refractivity contribution is -0.182. The van der Waals surface area contributed by atoms with Gasteiger partial charge >= 0.3 is 16.4 Å². The summed E-state index contributed by atoms with van der Waals surface area (Å²) in [5, 5.41) is 1.54. The van der Waals surface area contributed by atoms with E-state index >= 15 is 0 Å². The van der Waals surface area contributed by atoms with Crippen LogP contribution in [0.4, 0.5) is 0 Å². The maximum absolute atomic E-state index is 12.1. The number of carbonyl (C=O) groups excluding carboxylic acids is 1. The molecule has 1 aromatic rings. The van der Waals surface area contributed by atoms with E-state index in [4.69, 9.17) is 14.1 Å². The summed E-state index contributed by atoms with van der Waals surface area (Å²) in [7, 11) is -4.46. The minimum Gasteiger partial charge on any atom is -0.371 e. The number of nitrogens with zero attached hydrogens (tertiary/aromatic N) is 1. The van der Waals surface area contributed by atoms with Crippen LogP contribution in [0.15, 0.2) is 30.3 Å². The molecule has 0 unspecified atom stereocenters. The molecule has 0 bridgehead atoms. The summed E-state index contributed by atoms with van der Waals surface area (Å²) in [5.74, 6) is -0.436. The number of carbonyl (C=O) groups is 1. The van der Waals surface area contributed by atoms with Crippen molar-refractivity contribution in [2.75, 3.05) is 26.3 Å². The van der Waals surface area contributed by atoms with Crippen molar-refractivity contribution >= 4 is 16.4 Å². The molecule has 1 N–H and O–H groups in total. The van der Waals surface area contributed by atoms with Crippen molar-refractivity contribution in [2.24, 2.45) is 0 Å². The summed E-state index contributed by atoms with van der Waals surface area (Å²) < 4.78 is 39.3. The van der Waals surface area contributed by atoms with Crippen molar-refractivity contribution in [3.8, 4) is 0 Å². The fourth-order valence-electron chi connectivity index (χ4n) is 2.53. The molecule has 0 radical (unpaired) electrons. The van der Waals surface area contributed by atoms with Gasteiger partial charge < -0.3 is 9.57 Å². The largest absolute Gasteiger partial charge is 0.397 e. The molecule has 1 aliphatic rings. The average molecular weight is 359 g/mol. The number of hydrogen-bond donors (Lipinski definition) is 1. The molecular formula is C15H21NO7S. The smallest absolute Gasteiger partial charge is 0.371 e. The van der Waals surface area contributed by atoms with E-state index in [9.17, 15) is 13.2 Å². The van der Waals surface area contributed by atoms with Gasteiger partial charge in [-0.05, 0) is 31.9 Å². The van der Waals surface area contributed by atoms with Gasteiger partial charge in [-0.25, -0.2) is 8.98 Å². The van der Waals surface area contributed by atoms with Crippen molar-refractivity contribution in [2.45, 2.75) is 25.4 Å². The topological polar surface area (TPSA) is 102 Å². The lowest BCUT2D eigenvalue weighted by Gasteiger charge is -2.38. The molecule has 1 saturated heterocycles. The number of ether oxygens (including phenoxy) is 1. The summed E-state index contributed by atoms with van der Waals surface area (Å²) in [5.41, 5.74) is -0.134. The van der Waals surface area contributed by atoms with Crippen LogP contribution in [0.3, 0.4) is 0 Å². The number of rotatable bonds is 7. The Labute approximate surface area is 141 Å². The van der Waals surface area contributed by atoms with E-state index in [1.807, 2.05) is 13.0 Å². The van der Waals surface area contributed by atoms with E-state index < -0.39 is 22.0 Å². The van der Waals surface area contributed by atoms with Gasteiger partial charge in [0.15, 0.2) is 0 Å². The van der Waals surface area contributed by atoms with Crippen molar-refractivity contribution < 1.29 is 31.5 Å². The van der Waals surface area contributed by atoms with Gasteiger partial charge in [-0.2, -0.15) is 8.42 Å². The first-order chi connectivity index (χ1) is 11.3. The molecular weight excluding hydrogens is 338 g/mol. The molecule has 24 heavy (non-hydrogen) atoms. The summed E-state index contributed by atoms with van der Waals surface area (Å²) in [6.07, 6.45) is 1.50. The second-order valence-electron chi connectivity index (χ2n) is 5.76. The first kappa shape index (κ1) is 18.8. The Balaban J connectivity index is 1.83. The molecule has 0 aromatic heterocycles. The van der Waals surface area contributed by atoms with E-state index in [0.29, 0.717) is 18.7 Å². The van der Waals surface area contributed by atoms with E-state index in [1.54, 1.807) is 29.3 Å². The zero-order valence-electron chi connectivity index (χ0n) is 13.4. The van der Waals surface area contributed by atoms with Crippen LogP contribution in [0.1, 0.15) is 30.1 Å². The van der Waals surface area contributed by atoms with Crippen molar-refractivity contribution in [1.82, 2.24) is 5.06 Å². The summed E-state index contributed by atoms with van der Waals surface area (Å²) in [4.78, 5) is 17.5. The molecule has 8 nitrogen and oxygen atoms in total. The SMILES string of the molecule is C[C@@]1(OCCOS(=O)(=O)O)CCCN(OC(=O)c2ccccc2)C1. The zero-order valence-corrected chi connectivity index (χ0v) is 14.2. The molecule has 1 heterocycles. The van der Waals surface area contributed by atoms with Crippen LogP contribution in [0.5, 0.6) is 0 Å². The maximum atomic E-state index is 12.1. The van der Waals surface area contributed by atoms with Crippen LogP contribution in [-0.2, 0) is 24.2 Å². The molecule has 0 amide bonds. The minimum atomic E-state index is -4.46. The van der Waals surface area contributed by atoms with Gasteiger partial charge in [0.2, 0.25) is 0 Å². The summed E-state index contributed by atoms with van der Waals surface area (Å²) in [6.45, 7) is 2.52. The molecule has 1 atom stereocenters. The van der Waals surface area contributed by atoms with Crippen LogP contribution in [0.2, 0.25) is 0 Å². The highest BCUT2D eigenvalue weighted by atomic mass is 32.3. The Bertz CT molecular complexity index is 649. The minimum absolute atomic E-state index is 0.00321. The van der Waals surface area contributed by atoms with Gasteiger partial charge in [-0.3, -0.25) is 4.55 Å². The average Bonchev–Trinajstić information content (AvgIpc) is 2.52. The van der Waals surface area contributed by atoms with Gasteiger partial charge in [-0.1, -0.05) is 18.2 Å². The summed E-state index contributed by atoms with van der Waals surface area (Å²) in [6, 6.07) is 8.69. The van der Waals surface area contributed by atoms with E-state index in [2.05, 4.69) is 4.18 Å². The Morgan fingerprint density at radius 2 is 2.00 bits per heavy atom. The van der Waals surface area contributed by atoms with Gasteiger partial charge in [-0.15, -0.1) is 5.06 Å². The number of hydrogen-bond acceptors (Lipinski definition) is 7. The monoisotopic (exact) mass is 359 g/mol. The quantitative estimate of drug-likeness (QED) is 0.576. The van der Waals surface area contributed by atoms with Crippen molar-refractivity contribution in [3.05, 3.63) is 35.9 Å². The summed E-state index contributed by atoms with van der Waals surface area (Å²) >= 11 is 0. The molecule has 0 aliphatic carbocycles. The lowest BCUT2D eigenvalue weighted by atomic mass is 9.96. The Morgan fingerprint density at radius 1 is 1.29 bits per heavy atom. The maximum Gasteiger partial charge on any atom is 0.397 e. The van der Waals surface area contributed by atoms with Gasteiger partial charge in [0.05, 0.1) is 30.9 Å². The zero-order chi connectivity index (χ0) is 17.6. The van der Waals surface area contributed by atoms with Crippen LogP contribution >= 0.6 is 0 Å². The fraction of sp³-hybridized carbons (Fsp3) is 0.533. The molecule has 1 fully saturated rings. The molecule has 1 aromatic carbocycles. The van der Waals surface area contributed by atoms with Crippen LogP contribution < -0.4 is 0 Å². The van der Waals surface area contributed by atoms with E-state index in [0.717, 1.165) is 12.8 Å². The molecule has 2 rings (SSSR count). The predicted molar refractivity (Wildman–Crippen MR) is 84.5 cm³/mol. The molecule has 134 valence electrons. The fourth-order valence-corrected chi connectivity index (χ4v) is 2.81. The highest BCUT2D eigenvalue weighted by molar-refractivity contribution is 7.80. The van der Waals surface area contributed by atoms with Crippen LogP contribution in [0.25, 0.3) is 0 Å². The third-order valence-corrected chi connectivity index (χ3v) is 4.08. The Hall–Kier alpha value is -1.52. The molecule has 9 heteroatoms. The van der Waals surface area contributed by atoms with Gasteiger partial charge in [0, 0.05) is 6.54 Å². The van der Waals surface area contributed by atoms with Crippen LogP contribution in [0, 0.1) is 0 Å². The van der Waals surface area contributed by atoms with E-state index in [1.165, 1.54) is 0 Å². The van der Waals surface area contributed by atoms with Gasteiger partial charge in [0.1, 0.15) is 0 Å². The van der Waals surface area contributed by atoms with Crippen LogP contribution in [-0.4, -0.2) is 55.9 Å². The van der Waals surface area contributed by atoms with Gasteiger partial charge in [0.25, 0.3) is 0 Å². The third-order valence-electron chi connectivity index (χ3n) is 3.61. The number of piperidine rings is 1.